The van der Waals surface area contributed by atoms with Crippen molar-refractivity contribution in [2.45, 2.75) is 56.1 Å². The standard InChI is InChI=1S/C16H23N3/c17-15-6-12-5-13(7-15)9-16(8-12,11-15)19-10-14-3-1-2-4-18-14/h1-4,12-13,19H,5-11,17H2. The molecular weight excluding hydrogens is 234 g/mol. The molecule has 102 valence electrons. The normalized spacial score (nSPS) is 43.6. The second kappa shape index (κ2) is 4.03. The second-order valence-corrected chi connectivity index (χ2v) is 7.28. The quantitative estimate of drug-likeness (QED) is 0.873. The van der Waals surface area contributed by atoms with Crippen LogP contribution in [0.15, 0.2) is 24.4 Å². The van der Waals surface area contributed by atoms with Crippen LogP contribution in [0.25, 0.3) is 0 Å². The Hall–Kier alpha value is -0.930. The van der Waals surface area contributed by atoms with Gasteiger partial charge in [0.15, 0.2) is 0 Å². The molecule has 1 aromatic rings. The second-order valence-electron chi connectivity index (χ2n) is 7.28. The lowest BCUT2D eigenvalue weighted by molar-refractivity contribution is -0.0365. The molecule has 4 bridgehead atoms. The van der Waals surface area contributed by atoms with Gasteiger partial charge < -0.3 is 11.1 Å². The first kappa shape index (κ1) is 11.9. The highest BCUT2D eigenvalue weighted by Gasteiger charge is 2.55. The Balaban J connectivity index is 1.51. The molecule has 3 N–H and O–H groups in total. The number of hydrogen-bond acceptors (Lipinski definition) is 3. The Labute approximate surface area is 115 Å². The summed E-state index contributed by atoms with van der Waals surface area (Å²) < 4.78 is 0. The van der Waals surface area contributed by atoms with Crippen molar-refractivity contribution in [3.8, 4) is 0 Å². The Morgan fingerprint density at radius 1 is 1.21 bits per heavy atom. The molecule has 4 aliphatic rings. The summed E-state index contributed by atoms with van der Waals surface area (Å²) in [6.07, 6.45) is 9.64. The molecule has 4 saturated carbocycles. The lowest BCUT2D eigenvalue weighted by Gasteiger charge is -2.61. The summed E-state index contributed by atoms with van der Waals surface area (Å²) in [5.41, 5.74) is 8.19. The molecule has 0 aliphatic heterocycles. The molecule has 0 amide bonds. The van der Waals surface area contributed by atoms with E-state index in [9.17, 15) is 0 Å². The molecule has 0 spiro atoms. The maximum Gasteiger partial charge on any atom is 0.0541 e. The highest BCUT2D eigenvalue weighted by atomic mass is 15.0. The average Bonchev–Trinajstić information content (AvgIpc) is 2.35. The molecule has 19 heavy (non-hydrogen) atoms. The summed E-state index contributed by atoms with van der Waals surface area (Å²) >= 11 is 0. The number of nitrogens with two attached hydrogens (primary N) is 1. The summed E-state index contributed by atoms with van der Waals surface area (Å²) in [5, 5.41) is 3.83. The van der Waals surface area contributed by atoms with E-state index in [4.69, 9.17) is 5.73 Å². The molecule has 2 atom stereocenters. The van der Waals surface area contributed by atoms with Crippen molar-refractivity contribution in [2.24, 2.45) is 17.6 Å². The van der Waals surface area contributed by atoms with Crippen LogP contribution in [0.4, 0.5) is 0 Å². The molecule has 5 rings (SSSR count). The monoisotopic (exact) mass is 257 g/mol. The van der Waals surface area contributed by atoms with Crippen LogP contribution in [-0.4, -0.2) is 16.1 Å². The van der Waals surface area contributed by atoms with E-state index in [-0.39, 0.29) is 5.54 Å². The van der Waals surface area contributed by atoms with Crippen LogP contribution in [-0.2, 0) is 6.54 Å². The van der Waals surface area contributed by atoms with Gasteiger partial charge in [-0.2, -0.15) is 0 Å². The molecule has 1 heterocycles. The van der Waals surface area contributed by atoms with Gasteiger partial charge in [-0.3, -0.25) is 4.98 Å². The summed E-state index contributed by atoms with van der Waals surface area (Å²) in [6, 6.07) is 6.14. The van der Waals surface area contributed by atoms with E-state index < -0.39 is 0 Å². The SMILES string of the molecule is NC12CC3CC(C1)CC(NCc1ccccn1)(C3)C2. The topological polar surface area (TPSA) is 50.9 Å². The Bertz CT molecular complexity index is 456. The molecule has 4 fully saturated rings. The summed E-state index contributed by atoms with van der Waals surface area (Å²) in [6.45, 7) is 0.885. The van der Waals surface area contributed by atoms with Crippen molar-refractivity contribution in [1.82, 2.24) is 10.3 Å². The zero-order valence-corrected chi connectivity index (χ0v) is 11.4. The van der Waals surface area contributed by atoms with Gasteiger partial charge in [0.25, 0.3) is 0 Å². The van der Waals surface area contributed by atoms with Gasteiger partial charge in [-0.1, -0.05) is 6.07 Å². The maximum absolute atomic E-state index is 6.62. The molecule has 0 radical (unpaired) electrons. The minimum atomic E-state index is 0.126. The minimum Gasteiger partial charge on any atom is -0.325 e. The van der Waals surface area contributed by atoms with E-state index in [1.54, 1.807) is 0 Å². The fourth-order valence-electron chi connectivity index (χ4n) is 5.32. The predicted molar refractivity (Wildman–Crippen MR) is 75.4 cm³/mol. The maximum atomic E-state index is 6.62. The van der Waals surface area contributed by atoms with Crippen molar-refractivity contribution in [3.63, 3.8) is 0 Å². The van der Waals surface area contributed by atoms with E-state index in [1.807, 2.05) is 12.3 Å². The fraction of sp³-hybridized carbons (Fsp3) is 0.688. The van der Waals surface area contributed by atoms with E-state index in [2.05, 4.69) is 22.4 Å². The van der Waals surface area contributed by atoms with E-state index in [1.165, 1.54) is 38.5 Å². The van der Waals surface area contributed by atoms with Crippen molar-refractivity contribution in [1.29, 1.82) is 0 Å². The Morgan fingerprint density at radius 2 is 2.00 bits per heavy atom. The van der Waals surface area contributed by atoms with Crippen LogP contribution in [0.3, 0.4) is 0 Å². The van der Waals surface area contributed by atoms with Crippen molar-refractivity contribution in [2.75, 3.05) is 0 Å². The largest absolute Gasteiger partial charge is 0.325 e. The Kier molecular flexibility index (Phi) is 2.52. The van der Waals surface area contributed by atoms with Gasteiger partial charge >= 0.3 is 0 Å². The molecule has 0 saturated heterocycles. The lowest BCUT2D eigenvalue weighted by atomic mass is 9.50. The molecular formula is C16H23N3. The lowest BCUT2D eigenvalue weighted by Crippen LogP contribution is -2.67. The number of hydrogen-bond donors (Lipinski definition) is 2. The van der Waals surface area contributed by atoms with Gasteiger partial charge in [0, 0.05) is 23.8 Å². The third-order valence-electron chi connectivity index (χ3n) is 5.48. The predicted octanol–water partition coefficient (Wildman–Crippen LogP) is 2.22. The van der Waals surface area contributed by atoms with Gasteiger partial charge in [0.1, 0.15) is 0 Å². The average molecular weight is 257 g/mol. The van der Waals surface area contributed by atoms with Crippen LogP contribution in [0.5, 0.6) is 0 Å². The number of pyridine rings is 1. The van der Waals surface area contributed by atoms with E-state index in [0.717, 1.165) is 24.1 Å². The number of nitrogens with one attached hydrogen (secondary N) is 1. The van der Waals surface area contributed by atoms with Crippen LogP contribution < -0.4 is 11.1 Å². The highest BCUT2D eigenvalue weighted by Crippen LogP contribution is 2.56. The highest BCUT2D eigenvalue weighted by molar-refractivity contribution is 5.15. The third kappa shape index (κ3) is 2.09. The fourth-order valence-corrected chi connectivity index (χ4v) is 5.32. The third-order valence-corrected chi connectivity index (χ3v) is 5.48. The molecule has 1 aromatic heterocycles. The molecule has 2 unspecified atom stereocenters. The van der Waals surface area contributed by atoms with Crippen LogP contribution in [0.2, 0.25) is 0 Å². The molecule has 0 aromatic carbocycles. The van der Waals surface area contributed by atoms with Crippen molar-refractivity contribution < 1.29 is 0 Å². The zero-order chi connectivity index (χ0) is 12.9. The first-order valence-corrected chi connectivity index (χ1v) is 7.59. The summed E-state index contributed by atoms with van der Waals surface area (Å²) in [5.74, 6) is 1.73. The van der Waals surface area contributed by atoms with Crippen LogP contribution >= 0.6 is 0 Å². The minimum absolute atomic E-state index is 0.126. The van der Waals surface area contributed by atoms with Crippen LogP contribution in [0, 0.1) is 11.8 Å². The summed E-state index contributed by atoms with van der Waals surface area (Å²) in [4.78, 5) is 4.42. The Morgan fingerprint density at radius 3 is 2.63 bits per heavy atom. The first-order chi connectivity index (χ1) is 9.15. The van der Waals surface area contributed by atoms with Gasteiger partial charge in [0.2, 0.25) is 0 Å². The number of aromatic nitrogens is 1. The van der Waals surface area contributed by atoms with Gasteiger partial charge in [0.05, 0.1) is 5.69 Å². The first-order valence-electron chi connectivity index (χ1n) is 7.59. The van der Waals surface area contributed by atoms with E-state index in [0.29, 0.717) is 5.54 Å². The van der Waals surface area contributed by atoms with Crippen LogP contribution in [0.1, 0.15) is 44.2 Å². The molecule has 4 aliphatic carbocycles. The number of rotatable bonds is 3. The van der Waals surface area contributed by atoms with Gasteiger partial charge in [-0.25, -0.2) is 0 Å². The van der Waals surface area contributed by atoms with E-state index >= 15 is 0 Å². The number of nitrogens with zero attached hydrogens (tertiary/aromatic N) is 1. The molecule has 3 heteroatoms. The van der Waals surface area contributed by atoms with Crippen molar-refractivity contribution in [3.05, 3.63) is 30.1 Å². The van der Waals surface area contributed by atoms with Gasteiger partial charge in [-0.05, 0) is 62.5 Å². The smallest absolute Gasteiger partial charge is 0.0541 e. The van der Waals surface area contributed by atoms with Gasteiger partial charge in [-0.15, -0.1) is 0 Å². The summed E-state index contributed by atoms with van der Waals surface area (Å²) in [7, 11) is 0. The van der Waals surface area contributed by atoms with Crippen molar-refractivity contribution >= 4 is 0 Å². The zero-order valence-electron chi connectivity index (χ0n) is 11.4. The molecule has 3 nitrogen and oxygen atoms in total.